The van der Waals surface area contributed by atoms with Gasteiger partial charge in [-0.15, -0.1) is 15.3 Å². The lowest BCUT2D eigenvalue weighted by Crippen LogP contribution is -2.14. The standard InChI is InChI=1S/C17H12BrN5O/c18-11-6-7-13-12(8-11)16(17(24)19-13)23-22-15-9-14(20-21-15)10-4-2-1-3-5-10/h1-8,14H,9H2,(H,19,23,24). The molecule has 1 unspecified atom stereocenters. The number of halogens is 1. The molecule has 0 aliphatic carbocycles. The minimum absolute atomic E-state index is 0.0380. The molecule has 1 amide bonds. The maximum Gasteiger partial charge on any atom is 0.276 e. The summed E-state index contributed by atoms with van der Waals surface area (Å²) in [5, 5.41) is 19.3. The van der Waals surface area contributed by atoms with Crippen LogP contribution in [0.15, 0.2) is 73.4 Å². The van der Waals surface area contributed by atoms with Crippen LogP contribution < -0.4 is 5.32 Å². The van der Waals surface area contributed by atoms with Gasteiger partial charge in [-0.05, 0) is 23.8 Å². The molecule has 2 heterocycles. The van der Waals surface area contributed by atoms with E-state index in [0.29, 0.717) is 12.3 Å². The second-order valence-corrected chi connectivity index (χ2v) is 6.37. The Kier molecular flexibility index (Phi) is 3.78. The molecule has 2 aliphatic heterocycles. The van der Waals surface area contributed by atoms with Crippen molar-refractivity contribution >= 4 is 39.1 Å². The van der Waals surface area contributed by atoms with E-state index in [1.165, 1.54) is 0 Å². The first-order chi connectivity index (χ1) is 11.7. The molecule has 2 aromatic carbocycles. The Morgan fingerprint density at radius 2 is 1.96 bits per heavy atom. The fraction of sp³-hybridized carbons (Fsp3) is 0.118. The van der Waals surface area contributed by atoms with Crippen LogP contribution in [0.5, 0.6) is 0 Å². The maximum absolute atomic E-state index is 12.1. The van der Waals surface area contributed by atoms with Gasteiger partial charge in [-0.25, -0.2) is 0 Å². The van der Waals surface area contributed by atoms with E-state index in [4.69, 9.17) is 0 Å². The Hall–Kier alpha value is -2.67. The van der Waals surface area contributed by atoms with Crippen LogP contribution in [0.3, 0.4) is 0 Å². The van der Waals surface area contributed by atoms with Crippen molar-refractivity contribution in [1.29, 1.82) is 0 Å². The second-order valence-electron chi connectivity index (χ2n) is 5.45. The molecule has 0 fully saturated rings. The lowest BCUT2D eigenvalue weighted by atomic mass is 10.1. The van der Waals surface area contributed by atoms with Gasteiger partial charge in [0.15, 0.2) is 11.5 Å². The van der Waals surface area contributed by atoms with Gasteiger partial charge in [-0.2, -0.15) is 5.11 Å². The first kappa shape index (κ1) is 14.9. The Bertz CT molecular complexity index is 904. The van der Waals surface area contributed by atoms with Gasteiger partial charge in [0.25, 0.3) is 5.91 Å². The molecule has 2 aliphatic rings. The predicted octanol–water partition coefficient (Wildman–Crippen LogP) is 4.10. The van der Waals surface area contributed by atoms with Crippen molar-refractivity contribution in [1.82, 2.24) is 0 Å². The SMILES string of the molecule is O=C1Nc2ccc(Br)cc2C1=NN=C1CC(c2ccccc2)N=N1. The van der Waals surface area contributed by atoms with Crippen molar-refractivity contribution in [3.05, 3.63) is 64.1 Å². The van der Waals surface area contributed by atoms with Crippen molar-refractivity contribution in [2.24, 2.45) is 20.4 Å². The molecule has 2 aromatic rings. The monoisotopic (exact) mass is 381 g/mol. The normalized spacial score (nSPS) is 22.2. The highest BCUT2D eigenvalue weighted by molar-refractivity contribution is 9.10. The van der Waals surface area contributed by atoms with Gasteiger partial charge >= 0.3 is 0 Å². The molecule has 118 valence electrons. The molecule has 1 atom stereocenters. The summed E-state index contributed by atoms with van der Waals surface area (Å²) in [6, 6.07) is 15.4. The number of nitrogens with zero attached hydrogens (tertiary/aromatic N) is 4. The van der Waals surface area contributed by atoms with E-state index in [9.17, 15) is 4.79 Å². The minimum Gasteiger partial charge on any atom is -0.320 e. The van der Waals surface area contributed by atoms with Crippen LogP contribution in [-0.4, -0.2) is 17.5 Å². The minimum atomic E-state index is -0.262. The van der Waals surface area contributed by atoms with Gasteiger partial charge in [-0.3, -0.25) is 4.79 Å². The Labute approximate surface area is 146 Å². The number of carbonyl (C=O) groups excluding carboxylic acids is 1. The van der Waals surface area contributed by atoms with Gasteiger partial charge in [0.2, 0.25) is 0 Å². The van der Waals surface area contributed by atoms with Gasteiger partial charge in [0, 0.05) is 16.5 Å². The van der Waals surface area contributed by atoms with Crippen molar-refractivity contribution in [3.63, 3.8) is 0 Å². The van der Waals surface area contributed by atoms with E-state index in [1.54, 1.807) is 0 Å². The van der Waals surface area contributed by atoms with E-state index < -0.39 is 0 Å². The molecule has 0 bridgehead atoms. The molecule has 0 radical (unpaired) electrons. The Morgan fingerprint density at radius 1 is 1.12 bits per heavy atom. The zero-order valence-corrected chi connectivity index (χ0v) is 14.1. The number of hydrogen-bond acceptors (Lipinski definition) is 4. The van der Waals surface area contributed by atoms with E-state index >= 15 is 0 Å². The number of benzene rings is 2. The van der Waals surface area contributed by atoms with Crippen LogP contribution in [0.2, 0.25) is 0 Å². The zero-order valence-electron chi connectivity index (χ0n) is 12.5. The maximum atomic E-state index is 12.1. The largest absolute Gasteiger partial charge is 0.320 e. The number of fused-ring (bicyclic) bond motifs is 1. The van der Waals surface area contributed by atoms with Gasteiger partial charge in [0.1, 0.15) is 6.04 Å². The summed E-state index contributed by atoms with van der Waals surface area (Å²) < 4.78 is 0.878. The highest BCUT2D eigenvalue weighted by Gasteiger charge is 2.27. The zero-order chi connectivity index (χ0) is 16.5. The smallest absolute Gasteiger partial charge is 0.276 e. The summed E-state index contributed by atoms with van der Waals surface area (Å²) in [5.41, 5.74) is 2.84. The molecular weight excluding hydrogens is 370 g/mol. The molecule has 0 saturated heterocycles. The number of azo groups is 1. The Balaban J connectivity index is 1.58. The molecule has 1 N–H and O–H groups in total. The second kappa shape index (κ2) is 6.09. The number of carbonyl (C=O) groups is 1. The van der Waals surface area contributed by atoms with Gasteiger partial charge < -0.3 is 5.32 Å². The molecule has 4 rings (SSSR count). The van der Waals surface area contributed by atoms with E-state index in [-0.39, 0.29) is 17.7 Å². The highest BCUT2D eigenvalue weighted by Crippen LogP contribution is 2.29. The number of amides is 1. The fourth-order valence-electron chi connectivity index (χ4n) is 2.64. The van der Waals surface area contributed by atoms with Crippen molar-refractivity contribution < 1.29 is 4.79 Å². The van der Waals surface area contributed by atoms with Crippen LogP contribution in [0, 0.1) is 0 Å². The number of hydrogen-bond donors (Lipinski definition) is 1. The lowest BCUT2D eigenvalue weighted by Gasteiger charge is -2.03. The van der Waals surface area contributed by atoms with Gasteiger partial charge in [0.05, 0.1) is 5.69 Å². The summed E-state index contributed by atoms with van der Waals surface area (Å²) >= 11 is 3.40. The fourth-order valence-corrected chi connectivity index (χ4v) is 3.00. The first-order valence-electron chi connectivity index (χ1n) is 7.42. The number of rotatable bonds is 2. The topological polar surface area (TPSA) is 78.5 Å². The number of amidine groups is 1. The molecule has 7 heteroatoms. The third kappa shape index (κ3) is 2.78. The van der Waals surface area contributed by atoms with E-state index in [0.717, 1.165) is 21.3 Å². The molecular formula is C17H12BrN5O. The average molecular weight is 382 g/mol. The summed E-state index contributed by atoms with van der Waals surface area (Å²) in [4.78, 5) is 12.1. The third-order valence-electron chi connectivity index (χ3n) is 3.84. The Morgan fingerprint density at radius 3 is 2.79 bits per heavy atom. The van der Waals surface area contributed by atoms with Crippen molar-refractivity contribution in [2.45, 2.75) is 12.5 Å². The number of anilines is 1. The first-order valence-corrected chi connectivity index (χ1v) is 8.21. The molecule has 0 spiro atoms. The summed E-state index contributed by atoms with van der Waals surface area (Å²) in [5.74, 6) is 0.259. The average Bonchev–Trinajstić information content (AvgIpc) is 3.18. The van der Waals surface area contributed by atoms with Crippen LogP contribution >= 0.6 is 15.9 Å². The van der Waals surface area contributed by atoms with E-state index in [1.807, 2.05) is 48.5 Å². The predicted molar refractivity (Wildman–Crippen MR) is 95.4 cm³/mol. The lowest BCUT2D eigenvalue weighted by molar-refractivity contribution is -0.110. The van der Waals surface area contributed by atoms with Crippen LogP contribution in [0.4, 0.5) is 5.69 Å². The molecule has 0 aromatic heterocycles. The number of nitrogens with one attached hydrogen (secondary N) is 1. The molecule has 6 nitrogen and oxygen atoms in total. The van der Waals surface area contributed by atoms with Gasteiger partial charge in [-0.1, -0.05) is 46.3 Å². The van der Waals surface area contributed by atoms with Crippen LogP contribution in [-0.2, 0) is 4.79 Å². The third-order valence-corrected chi connectivity index (χ3v) is 4.33. The molecule has 0 saturated carbocycles. The van der Waals surface area contributed by atoms with Crippen molar-refractivity contribution in [3.8, 4) is 0 Å². The van der Waals surface area contributed by atoms with Crippen LogP contribution in [0.1, 0.15) is 23.6 Å². The van der Waals surface area contributed by atoms with E-state index in [2.05, 4.69) is 41.7 Å². The summed E-state index contributed by atoms with van der Waals surface area (Å²) in [6.45, 7) is 0. The van der Waals surface area contributed by atoms with Crippen LogP contribution in [0.25, 0.3) is 0 Å². The summed E-state index contributed by atoms with van der Waals surface area (Å²) in [7, 11) is 0. The van der Waals surface area contributed by atoms with Crippen molar-refractivity contribution in [2.75, 3.05) is 5.32 Å². The summed E-state index contributed by atoms with van der Waals surface area (Å²) in [6.07, 6.45) is 0.577. The quantitative estimate of drug-likeness (QED) is 0.780. The highest BCUT2D eigenvalue weighted by atomic mass is 79.9. The molecule has 24 heavy (non-hydrogen) atoms.